The second-order valence-corrected chi connectivity index (χ2v) is 6.01. The molecule has 0 saturated heterocycles. The molecule has 2 aromatic carbocycles. The van der Waals surface area contributed by atoms with E-state index in [9.17, 15) is 4.79 Å². The van der Waals surface area contributed by atoms with Crippen molar-refractivity contribution in [3.63, 3.8) is 0 Å². The van der Waals surface area contributed by atoms with Crippen LogP contribution in [0.5, 0.6) is 5.75 Å². The average molecular weight is 397 g/mol. The van der Waals surface area contributed by atoms with Crippen molar-refractivity contribution in [2.24, 2.45) is 5.10 Å². The molecule has 0 unspecified atom stereocenters. The molecule has 0 aliphatic rings. The largest absolute Gasteiger partial charge is 0.483 e. The van der Waals surface area contributed by atoms with Gasteiger partial charge in [-0.2, -0.15) is 5.10 Å². The van der Waals surface area contributed by atoms with Gasteiger partial charge in [0.25, 0.3) is 5.91 Å². The maximum Gasteiger partial charge on any atom is 0.277 e. The number of nitrogens with one attached hydrogen (secondary N) is 1. The number of hydrazone groups is 1. The molecule has 0 fully saturated rings. The summed E-state index contributed by atoms with van der Waals surface area (Å²) < 4.78 is 6.08. The standard InChI is InChI=1S/C16H15BrClN3O2/c1-10(11-3-2-4-13(19)7-11)20-21-16(22)9-23-15-6-5-12(18)8-14(15)17/h2-8H,9,19H2,1H3,(H,21,22). The van der Waals surface area contributed by atoms with Gasteiger partial charge < -0.3 is 10.5 Å². The van der Waals surface area contributed by atoms with Crippen molar-refractivity contribution < 1.29 is 9.53 Å². The molecular weight excluding hydrogens is 382 g/mol. The van der Waals surface area contributed by atoms with Crippen LogP contribution in [0.2, 0.25) is 5.02 Å². The van der Waals surface area contributed by atoms with Crippen LogP contribution in [-0.4, -0.2) is 18.2 Å². The lowest BCUT2D eigenvalue weighted by molar-refractivity contribution is -0.123. The third-order valence-electron chi connectivity index (χ3n) is 2.91. The maximum absolute atomic E-state index is 11.8. The summed E-state index contributed by atoms with van der Waals surface area (Å²) in [4.78, 5) is 11.8. The number of hydrogen-bond acceptors (Lipinski definition) is 4. The number of carbonyl (C=O) groups excluding carboxylic acids is 1. The third kappa shape index (κ3) is 5.26. The van der Waals surface area contributed by atoms with Crippen LogP contribution in [0.25, 0.3) is 0 Å². The predicted octanol–water partition coefficient (Wildman–Crippen LogP) is 3.60. The molecule has 2 aromatic rings. The van der Waals surface area contributed by atoms with Crippen molar-refractivity contribution >= 4 is 44.8 Å². The summed E-state index contributed by atoms with van der Waals surface area (Å²) >= 11 is 9.16. The fourth-order valence-corrected chi connectivity index (χ4v) is 2.54. The van der Waals surface area contributed by atoms with Crippen molar-refractivity contribution in [1.82, 2.24) is 5.43 Å². The average Bonchev–Trinajstić information content (AvgIpc) is 2.51. The predicted molar refractivity (Wildman–Crippen MR) is 95.9 cm³/mol. The van der Waals surface area contributed by atoms with Gasteiger partial charge in [0.1, 0.15) is 5.75 Å². The minimum Gasteiger partial charge on any atom is -0.483 e. The number of rotatable bonds is 5. The van der Waals surface area contributed by atoms with Gasteiger partial charge in [-0.15, -0.1) is 0 Å². The minimum absolute atomic E-state index is 0.159. The second-order valence-electron chi connectivity index (χ2n) is 4.72. The zero-order valence-corrected chi connectivity index (χ0v) is 14.7. The van der Waals surface area contributed by atoms with Crippen LogP contribution in [0, 0.1) is 0 Å². The molecule has 120 valence electrons. The molecule has 0 aliphatic heterocycles. The summed E-state index contributed by atoms with van der Waals surface area (Å²) in [5.74, 6) is 0.163. The normalized spacial score (nSPS) is 11.2. The summed E-state index contributed by atoms with van der Waals surface area (Å²) in [7, 11) is 0. The molecule has 5 nitrogen and oxygen atoms in total. The number of halogens is 2. The van der Waals surface area contributed by atoms with Gasteiger partial charge in [-0.3, -0.25) is 4.79 Å². The zero-order chi connectivity index (χ0) is 16.8. The lowest BCUT2D eigenvalue weighted by Gasteiger charge is -2.08. The van der Waals surface area contributed by atoms with E-state index in [1.807, 2.05) is 12.1 Å². The first-order chi connectivity index (χ1) is 11.0. The topological polar surface area (TPSA) is 76.7 Å². The Labute approximate surface area is 147 Å². The van der Waals surface area contributed by atoms with E-state index >= 15 is 0 Å². The van der Waals surface area contributed by atoms with Gasteiger partial charge in [-0.05, 0) is 58.7 Å². The highest BCUT2D eigenvalue weighted by atomic mass is 79.9. The van der Waals surface area contributed by atoms with Crippen LogP contribution in [0.4, 0.5) is 5.69 Å². The Hall–Kier alpha value is -2.05. The van der Waals surface area contributed by atoms with Crippen molar-refractivity contribution in [3.05, 3.63) is 57.5 Å². The van der Waals surface area contributed by atoms with Gasteiger partial charge in [0.2, 0.25) is 0 Å². The van der Waals surface area contributed by atoms with Crippen LogP contribution in [0.15, 0.2) is 52.0 Å². The number of anilines is 1. The highest BCUT2D eigenvalue weighted by Gasteiger charge is 2.06. The van der Waals surface area contributed by atoms with E-state index < -0.39 is 0 Å². The SMILES string of the molecule is CC(=NNC(=O)COc1ccc(Cl)cc1Br)c1cccc(N)c1. The Morgan fingerprint density at radius 2 is 2.13 bits per heavy atom. The molecule has 0 atom stereocenters. The summed E-state index contributed by atoms with van der Waals surface area (Å²) in [6, 6.07) is 12.3. The van der Waals surface area contributed by atoms with Crippen molar-refractivity contribution in [1.29, 1.82) is 0 Å². The first-order valence-electron chi connectivity index (χ1n) is 6.72. The van der Waals surface area contributed by atoms with Crippen LogP contribution in [-0.2, 0) is 4.79 Å². The van der Waals surface area contributed by atoms with Gasteiger partial charge in [0, 0.05) is 10.7 Å². The second kappa shape index (κ2) is 7.99. The Morgan fingerprint density at radius 3 is 2.83 bits per heavy atom. The van der Waals surface area contributed by atoms with E-state index in [1.54, 1.807) is 37.3 Å². The minimum atomic E-state index is -0.366. The number of hydrogen-bond donors (Lipinski definition) is 2. The molecule has 0 aromatic heterocycles. The summed E-state index contributed by atoms with van der Waals surface area (Å²) in [5, 5.41) is 4.61. The van der Waals surface area contributed by atoms with Gasteiger partial charge in [-0.25, -0.2) is 5.43 Å². The molecule has 0 radical (unpaired) electrons. The number of carbonyl (C=O) groups is 1. The van der Waals surface area contributed by atoms with Crippen LogP contribution >= 0.6 is 27.5 Å². The summed E-state index contributed by atoms with van der Waals surface area (Å²) in [6.45, 7) is 1.62. The number of nitrogens with two attached hydrogens (primary N) is 1. The van der Waals surface area contributed by atoms with E-state index in [2.05, 4.69) is 26.5 Å². The van der Waals surface area contributed by atoms with Crippen LogP contribution < -0.4 is 15.9 Å². The molecule has 0 bridgehead atoms. The highest BCUT2D eigenvalue weighted by molar-refractivity contribution is 9.10. The zero-order valence-electron chi connectivity index (χ0n) is 12.3. The first-order valence-corrected chi connectivity index (χ1v) is 7.89. The molecule has 0 aliphatic carbocycles. The molecule has 23 heavy (non-hydrogen) atoms. The number of benzene rings is 2. The molecular formula is C16H15BrClN3O2. The van der Waals surface area contributed by atoms with E-state index in [0.717, 1.165) is 5.56 Å². The Kier molecular flexibility index (Phi) is 6.01. The van der Waals surface area contributed by atoms with E-state index in [1.165, 1.54) is 0 Å². The molecule has 0 heterocycles. The third-order valence-corrected chi connectivity index (χ3v) is 3.76. The first kappa shape index (κ1) is 17.3. The number of ether oxygens (including phenoxy) is 1. The summed E-state index contributed by atoms with van der Waals surface area (Å²) in [6.07, 6.45) is 0. The quantitative estimate of drug-likeness (QED) is 0.460. The highest BCUT2D eigenvalue weighted by Crippen LogP contribution is 2.27. The number of nitrogen functional groups attached to an aromatic ring is 1. The van der Waals surface area contributed by atoms with Crippen LogP contribution in [0.1, 0.15) is 12.5 Å². The Morgan fingerprint density at radius 1 is 1.35 bits per heavy atom. The van der Waals surface area contributed by atoms with Crippen molar-refractivity contribution in [2.45, 2.75) is 6.92 Å². The molecule has 1 amide bonds. The molecule has 2 rings (SSSR count). The maximum atomic E-state index is 11.8. The summed E-state index contributed by atoms with van der Waals surface area (Å²) in [5.41, 5.74) is 10.3. The van der Waals surface area contributed by atoms with Gasteiger partial charge in [0.15, 0.2) is 6.61 Å². The lowest BCUT2D eigenvalue weighted by Crippen LogP contribution is -2.25. The van der Waals surface area contributed by atoms with Gasteiger partial charge in [-0.1, -0.05) is 23.7 Å². The van der Waals surface area contributed by atoms with E-state index in [-0.39, 0.29) is 12.5 Å². The molecule has 0 spiro atoms. The fourth-order valence-electron chi connectivity index (χ4n) is 1.74. The molecule has 0 saturated carbocycles. The number of nitrogens with zero attached hydrogens (tertiary/aromatic N) is 1. The Balaban J connectivity index is 1.90. The molecule has 3 N–H and O–H groups in total. The monoisotopic (exact) mass is 395 g/mol. The molecule has 7 heteroatoms. The Bertz CT molecular complexity index is 750. The van der Waals surface area contributed by atoms with E-state index in [0.29, 0.717) is 26.6 Å². The number of amides is 1. The smallest absolute Gasteiger partial charge is 0.277 e. The van der Waals surface area contributed by atoms with Gasteiger partial charge >= 0.3 is 0 Å². The van der Waals surface area contributed by atoms with Gasteiger partial charge in [0.05, 0.1) is 10.2 Å². The van der Waals surface area contributed by atoms with Crippen molar-refractivity contribution in [3.8, 4) is 5.75 Å². The lowest BCUT2D eigenvalue weighted by atomic mass is 10.1. The fraction of sp³-hybridized carbons (Fsp3) is 0.125. The van der Waals surface area contributed by atoms with Crippen LogP contribution in [0.3, 0.4) is 0 Å². The van der Waals surface area contributed by atoms with Crippen molar-refractivity contribution in [2.75, 3.05) is 12.3 Å². The van der Waals surface area contributed by atoms with E-state index in [4.69, 9.17) is 22.1 Å².